The Morgan fingerprint density at radius 2 is 1.94 bits per heavy atom. The Morgan fingerprint density at radius 3 is 2.79 bits per heavy atom. The maximum absolute atomic E-state index is 12.7. The van der Waals surface area contributed by atoms with Crippen LogP contribution in [0, 0.1) is 0 Å². The van der Waals surface area contributed by atoms with Crippen LogP contribution in [0.2, 0.25) is 0 Å². The van der Waals surface area contributed by atoms with Crippen molar-refractivity contribution in [2.24, 2.45) is 0 Å². The molecule has 2 aromatic carbocycles. The van der Waals surface area contributed by atoms with Crippen molar-refractivity contribution >= 4 is 22.9 Å². The van der Waals surface area contributed by atoms with E-state index in [1.165, 1.54) is 11.3 Å². The van der Waals surface area contributed by atoms with Crippen molar-refractivity contribution < 1.29 is 9.53 Å². The predicted octanol–water partition coefficient (Wildman–Crippen LogP) is 5.22. The molecular weight excluding hydrogens is 434 g/mol. The third-order valence-corrected chi connectivity index (χ3v) is 5.70. The molecule has 162 valence electrons. The number of amides is 1. The second-order valence-corrected chi connectivity index (χ2v) is 8.04. The Morgan fingerprint density at radius 1 is 1.03 bits per heavy atom. The molecule has 3 aromatic heterocycles. The van der Waals surface area contributed by atoms with Crippen molar-refractivity contribution in [3.63, 3.8) is 0 Å². The zero-order chi connectivity index (χ0) is 22.5. The van der Waals surface area contributed by atoms with Gasteiger partial charge in [0.2, 0.25) is 0 Å². The molecule has 0 aliphatic carbocycles. The van der Waals surface area contributed by atoms with Crippen LogP contribution in [0.15, 0.2) is 96.9 Å². The number of para-hydroxylation sites is 1. The molecule has 7 nitrogen and oxygen atoms in total. The summed E-state index contributed by atoms with van der Waals surface area (Å²) in [6.45, 7) is 0.400. The van der Waals surface area contributed by atoms with E-state index in [1.807, 2.05) is 66.9 Å². The van der Waals surface area contributed by atoms with Gasteiger partial charge >= 0.3 is 0 Å². The number of carbonyl (C=O) groups is 1. The number of aromatic nitrogens is 4. The monoisotopic (exact) mass is 453 g/mol. The fourth-order valence-corrected chi connectivity index (χ4v) is 3.95. The lowest BCUT2D eigenvalue weighted by Gasteiger charge is -2.08. The molecule has 33 heavy (non-hydrogen) atoms. The first-order valence-electron chi connectivity index (χ1n) is 10.2. The molecular formula is C25H19N5O2S. The van der Waals surface area contributed by atoms with Gasteiger partial charge in [-0.15, -0.1) is 11.3 Å². The standard InChI is InChI=1S/C25H19N5O2S/c31-24(28-20-7-4-10-22(12-20)32-16-18-6-5-11-26-13-18)23-17-33-25(29-23)19-14-27-30(15-19)21-8-2-1-3-9-21/h1-15,17H,16H2,(H,28,31). The average Bonchev–Trinajstić information content (AvgIpc) is 3.55. The molecule has 0 unspecified atom stereocenters. The highest BCUT2D eigenvalue weighted by Gasteiger charge is 2.14. The molecule has 5 rings (SSSR count). The largest absolute Gasteiger partial charge is 0.489 e. The first kappa shape index (κ1) is 20.6. The van der Waals surface area contributed by atoms with Gasteiger partial charge in [-0.3, -0.25) is 9.78 Å². The van der Waals surface area contributed by atoms with Crippen LogP contribution >= 0.6 is 11.3 Å². The molecule has 0 bridgehead atoms. The minimum atomic E-state index is -0.280. The number of nitrogens with zero attached hydrogens (tertiary/aromatic N) is 4. The van der Waals surface area contributed by atoms with Gasteiger partial charge in [0.15, 0.2) is 0 Å². The van der Waals surface area contributed by atoms with Crippen LogP contribution in [0.3, 0.4) is 0 Å². The number of benzene rings is 2. The molecule has 0 saturated heterocycles. The summed E-state index contributed by atoms with van der Waals surface area (Å²) in [5.41, 5.74) is 3.77. The quantitative estimate of drug-likeness (QED) is 0.365. The molecule has 3 heterocycles. The summed E-state index contributed by atoms with van der Waals surface area (Å²) in [4.78, 5) is 21.3. The van der Waals surface area contributed by atoms with E-state index in [-0.39, 0.29) is 5.91 Å². The van der Waals surface area contributed by atoms with Crippen LogP contribution in [0.4, 0.5) is 5.69 Å². The lowest BCUT2D eigenvalue weighted by molar-refractivity contribution is 0.102. The number of anilines is 1. The number of rotatable bonds is 7. The normalized spacial score (nSPS) is 10.7. The van der Waals surface area contributed by atoms with Gasteiger partial charge in [0.25, 0.3) is 5.91 Å². The molecule has 5 aromatic rings. The minimum Gasteiger partial charge on any atom is -0.489 e. The number of carbonyl (C=O) groups excluding carboxylic acids is 1. The van der Waals surface area contributed by atoms with E-state index in [1.54, 1.807) is 34.7 Å². The van der Waals surface area contributed by atoms with Crippen molar-refractivity contribution in [2.75, 3.05) is 5.32 Å². The number of pyridine rings is 1. The average molecular weight is 454 g/mol. The second kappa shape index (κ2) is 9.46. The molecule has 0 aliphatic rings. The highest BCUT2D eigenvalue weighted by Crippen LogP contribution is 2.25. The molecule has 0 radical (unpaired) electrons. The Hall–Kier alpha value is -4.30. The first-order valence-corrected chi connectivity index (χ1v) is 11.1. The third-order valence-electron chi connectivity index (χ3n) is 4.81. The number of thiazole rings is 1. The Kier molecular flexibility index (Phi) is 5.90. The molecule has 0 aliphatic heterocycles. The summed E-state index contributed by atoms with van der Waals surface area (Å²) in [7, 11) is 0. The maximum Gasteiger partial charge on any atom is 0.275 e. The summed E-state index contributed by atoms with van der Waals surface area (Å²) in [6, 6.07) is 20.9. The topological polar surface area (TPSA) is 81.9 Å². The van der Waals surface area contributed by atoms with Crippen LogP contribution in [0.5, 0.6) is 5.75 Å². The summed E-state index contributed by atoms with van der Waals surface area (Å²) in [5, 5.41) is 9.76. The van der Waals surface area contributed by atoms with Crippen molar-refractivity contribution in [1.29, 1.82) is 0 Å². The van der Waals surface area contributed by atoms with Gasteiger partial charge in [0.1, 0.15) is 23.1 Å². The zero-order valence-corrected chi connectivity index (χ0v) is 18.3. The maximum atomic E-state index is 12.7. The summed E-state index contributed by atoms with van der Waals surface area (Å²) in [5.74, 6) is 0.376. The Bertz CT molecular complexity index is 1370. The smallest absolute Gasteiger partial charge is 0.275 e. The molecule has 0 spiro atoms. The van der Waals surface area contributed by atoms with E-state index in [0.717, 1.165) is 21.8 Å². The number of ether oxygens (including phenoxy) is 1. The fraction of sp³-hybridized carbons (Fsp3) is 0.0400. The lowest BCUT2D eigenvalue weighted by Crippen LogP contribution is -2.12. The highest BCUT2D eigenvalue weighted by molar-refractivity contribution is 7.13. The molecule has 8 heteroatoms. The predicted molar refractivity (Wildman–Crippen MR) is 128 cm³/mol. The Labute approximate surface area is 194 Å². The summed E-state index contributed by atoms with van der Waals surface area (Å²) < 4.78 is 7.59. The van der Waals surface area contributed by atoms with Crippen molar-refractivity contribution in [3.8, 4) is 22.0 Å². The Balaban J connectivity index is 1.25. The van der Waals surface area contributed by atoms with E-state index in [2.05, 4.69) is 20.4 Å². The molecule has 0 atom stereocenters. The van der Waals surface area contributed by atoms with Crippen molar-refractivity contribution in [3.05, 3.63) is 108 Å². The first-order chi connectivity index (χ1) is 16.2. The van der Waals surface area contributed by atoms with Crippen molar-refractivity contribution in [1.82, 2.24) is 19.7 Å². The summed E-state index contributed by atoms with van der Waals surface area (Å²) >= 11 is 1.40. The number of nitrogens with one attached hydrogen (secondary N) is 1. The van der Waals surface area contributed by atoms with Crippen LogP contribution in [-0.2, 0) is 6.61 Å². The van der Waals surface area contributed by atoms with E-state index in [4.69, 9.17) is 4.74 Å². The second-order valence-electron chi connectivity index (χ2n) is 7.18. The van der Waals surface area contributed by atoms with Gasteiger partial charge in [-0.05, 0) is 30.3 Å². The fourth-order valence-electron chi connectivity index (χ4n) is 3.17. The van der Waals surface area contributed by atoms with E-state index in [0.29, 0.717) is 23.7 Å². The summed E-state index contributed by atoms with van der Waals surface area (Å²) in [6.07, 6.45) is 7.13. The minimum absolute atomic E-state index is 0.280. The van der Waals surface area contributed by atoms with Crippen LogP contribution in [0.25, 0.3) is 16.3 Å². The highest BCUT2D eigenvalue weighted by atomic mass is 32.1. The van der Waals surface area contributed by atoms with Crippen LogP contribution < -0.4 is 10.1 Å². The molecule has 0 fully saturated rings. The van der Waals surface area contributed by atoms with Gasteiger partial charge in [-0.2, -0.15) is 5.10 Å². The molecule has 0 saturated carbocycles. The lowest BCUT2D eigenvalue weighted by atomic mass is 10.2. The SMILES string of the molecule is O=C(Nc1cccc(OCc2cccnc2)c1)c1csc(-c2cnn(-c3ccccc3)c2)n1. The van der Waals surface area contributed by atoms with Crippen molar-refractivity contribution in [2.45, 2.75) is 6.61 Å². The van der Waals surface area contributed by atoms with Crippen LogP contribution in [-0.4, -0.2) is 25.7 Å². The molecule has 1 N–H and O–H groups in total. The van der Waals surface area contributed by atoms with Gasteiger partial charge in [-0.25, -0.2) is 9.67 Å². The van der Waals surface area contributed by atoms with Gasteiger partial charge in [0.05, 0.1) is 11.9 Å². The zero-order valence-electron chi connectivity index (χ0n) is 17.5. The van der Waals surface area contributed by atoms with Gasteiger partial charge in [0, 0.05) is 46.9 Å². The van der Waals surface area contributed by atoms with Crippen LogP contribution in [0.1, 0.15) is 16.1 Å². The van der Waals surface area contributed by atoms with E-state index >= 15 is 0 Å². The molecule has 1 amide bonds. The van der Waals surface area contributed by atoms with Gasteiger partial charge in [-0.1, -0.05) is 30.3 Å². The van der Waals surface area contributed by atoms with E-state index < -0.39 is 0 Å². The van der Waals surface area contributed by atoms with E-state index in [9.17, 15) is 4.79 Å². The van der Waals surface area contributed by atoms with Gasteiger partial charge < -0.3 is 10.1 Å². The number of hydrogen-bond acceptors (Lipinski definition) is 6. The number of hydrogen-bond donors (Lipinski definition) is 1. The third kappa shape index (κ3) is 4.97.